The summed E-state index contributed by atoms with van der Waals surface area (Å²) in [6, 6.07) is 20.2. The molecule has 0 aliphatic rings. The van der Waals surface area contributed by atoms with Gasteiger partial charge in [0.15, 0.2) is 5.69 Å². The maximum atomic E-state index is 12.5. The predicted octanol–water partition coefficient (Wildman–Crippen LogP) is 7.04. The second-order valence-corrected chi connectivity index (χ2v) is 8.15. The van der Waals surface area contributed by atoms with E-state index < -0.39 is 5.91 Å². The number of hydrogen-bond donors (Lipinski definition) is 1. The number of fused-ring (bicyclic) bond motifs is 1. The molecular formula is C23H17BrClN3O2. The van der Waals surface area contributed by atoms with Crippen LogP contribution in [0.2, 0.25) is 5.02 Å². The van der Waals surface area contributed by atoms with Crippen LogP contribution in [-0.2, 0) is 6.54 Å². The van der Waals surface area contributed by atoms with E-state index in [1.807, 2.05) is 55.5 Å². The number of amides is 1. The number of halogens is 2. The van der Waals surface area contributed by atoms with Crippen LogP contribution in [0.3, 0.4) is 0 Å². The molecule has 150 valence electrons. The van der Waals surface area contributed by atoms with E-state index in [0.717, 1.165) is 21.1 Å². The van der Waals surface area contributed by atoms with Crippen LogP contribution in [0, 0.1) is 6.92 Å². The van der Waals surface area contributed by atoms with E-state index in [-0.39, 0.29) is 11.6 Å². The first-order valence-electron chi connectivity index (χ1n) is 9.21. The number of nitrogens with zero attached hydrogens (tertiary/aromatic N) is 3. The SMILES string of the molecule is Cc1ccccc1C(=O)N=Nc1c(O)n(Cc2ccccc2Cl)c2ccc(Br)cc12. The first-order valence-corrected chi connectivity index (χ1v) is 10.4. The van der Waals surface area contributed by atoms with Crippen molar-refractivity contribution in [1.29, 1.82) is 0 Å². The molecule has 1 N–H and O–H groups in total. The Morgan fingerprint density at radius 1 is 1.10 bits per heavy atom. The largest absolute Gasteiger partial charge is 0.493 e. The number of benzene rings is 3. The Kier molecular flexibility index (Phi) is 5.70. The molecule has 5 nitrogen and oxygen atoms in total. The minimum atomic E-state index is -0.463. The molecule has 0 aliphatic heterocycles. The quantitative estimate of drug-likeness (QED) is 0.317. The first-order chi connectivity index (χ1) is 14.5. The first kappa shape index (κ1) is 20.3. The number of aromatic hydroxyl groups is 1. The lowest BCUT2D eigenvalue weighted by atomic mass is 10.1. The van der Waals surface area contributed by atoms with Crippen LogP contribution in [-0.4, -0.2) is 15.6 Å². The van der Waals surface area contributed by atoms with Crippen LogP contribution in [0.1, 0.15) is 21.5 Å². The molecule has 30 heavy (non-hydrogen) atoms. The van der Waals surface area contributed by atoms with Gasteiger partial charge in [-0.2, -0.15) is 0 Å². The summed E-state index contributed by atoms with van der Waals surface area (Å²) in [5.41, 5.74) is 3.14. The third-order valence-corrected chi connectivity index (χ3v) is 5.74. The zero-order chi connectivity index (χ0) is 21.3. The van der Waals surface area contributed by atoms with E-state index in [9.17, 15) is 9.90 Å². The van der Waals surface area contributed by atoms with Gasteiger partial charge in [0, 0.05) is 20.4 Å². The fraction of sp³-hybridized carbons (Fsp3) is 0.0870. The molecule has 0 saturated heterocycles. The number of azo groups is 1. The van der Waals surface area contributed by atoms with Crippen molar-refractivity contribution in [1.82, 2.24) is 4.57 Å². The molecule has 4 aromatic rings. The monoisotopic (exact) mass is 481 g/mol. The molecule has 0 bridgehead atoms. The van der Waals surface area contributed by atoms with Crippen molar-refractivity contribution in [2.45, 2.75) is 13.5 Å². The van der Waals surface area contributed by atoms with Crippen LogP contribution in [0.25, 0.3) is 10.9 Å². The molecule has 0 fully saturated rings. The number of rotatable bonds is 4. The minimum absolute atomic E-state index is 0.0793. The Labute approximate surface area is 186 Å². The zero-order valence-corrected chi connectivity index (χ0v) is 18.4. The summed E-state index contributed by atoms with van der Waals surface area (Å²) in [6.45, 7) is 2.19. The number of aryl methyl sites for hydroxylation is 1. The minimum Gasteiger partial charge on any atom is -0.493 e. The topological polar surface area (TPSA) is 66.9 Å². The summed E-state index contributed by atoms with van der Waals surface area (Å²) >= 11 is 9.76. The Hall–Kier alpha value is -2.96. The lowest BCUT2D eigenvalue weighted by Gasteiger charge is -2.08. The normalized spacial score (nSPS) is 11.4. The molecule has 1 heterocycles. The van der Waals surface area contributed by atoms with Crippen molar-refractivity contribution in [3.63, 3.8) is 0 Å². The Balaban J connectivity index is 1.79. The lowest BCUT2D eigenvalue weighted by molar-refractivity contribution is 0.0994. The molecule has 7 heteroatoms. The van der Waals surface area contributed by atoms with Gasteiger partial charge in [-0.05, 0) is 48.4 Å². The Bertz CT molecular complexity index is 1300. The molecule has 1 aromatic heterocycles. The van der Waals surface area contributed by atoms with Gasteiger partial charge >= 0.3 is 0 Å². The fourth-order valence-corrected chi connectivity index (χ4v) is 3.87. The van der Waals surface area contributed by atoms with Gasteiger partial charge in [-0.15, -0.1) is 10.2 Å². The highest BCUT2D eigenvalue weighted by Gasteiger charge is 2.19. The second kappa shape index (κ2) is 8.42. The van der Waals surface area contributed by atoms with Crippen molar-refractivity contribution in [2.24, 2.45) is 10.2 Å². The molecule has 0 spiro atoms. The van der Waals surface area contributed by atoms with Crippen LogP contribution >= 0.6 is 27.5 Å². The maximum absolute atomic E-state index is 12.5. The van der Waals surface area contributed by atoms with Gasteiger partial charge in [0.1, 0.15) is 0 Å². The van der Waals surface area contributed by atoms with E-state index >= 15 is 0 Å². The Morgan fingerprint density at radius 2 is 1.83 bits per heavy atom. The van der Waals surface area contributed by atoms with Crippen molar-refractivity contribution < 1.29 is 9.90 Å². The summed E-state index contributed by atoms with van der Waals surface area (Å²) in [5.74, 6) is -0.543. The fourth-order valence-electron chi connectivity index (χ4n) is 3.31. The van der Waals surface area contributed by atoms with Crippen molar-refractivity contribution >= 4 is 50.0 Å². The summed E-state index contributed by atoms with van der Waals surface area (Å²) in [7, 11) is 0. The van der Waals surface area contributed by atoms with Crippen LogP contribution in [0.5, 0.6) is 5.88 Å². The summed E-state index contributed by atoms with van der Waals surface area (Å²) in [6.07, 6.45) is 0. The van der Waals surface area contributed by atoms with E-state index in [1.165, 1.54) is 0 Å². The Morgan fingerprint density at radius 3 is 2.60 bits per heavy atom. The molecular weight excluding hydrogens is 466 g/mol. The number of carbonyl (C=O) groups is 1. The highest BCUT2D eigenvalue weighted by molar-refractivity contribution is 9.10. The van der Waals surface area contributed by atoms with E-state index in [4.69, 9.17) is 11.6 Å². The van der Waals surface area contributed by atoms with Gasteiger partial charge in [0.25, 0.3) is 5.91 Å². The molecule has 0 unspecified atom stereocenters. The van der Waals surface area contributed by atoms with Gasteiger partial charge in [-0.25, -0.2) is 0 Å². The second-order valence-electron chi connectivity index (χ2n) is 6.83. The summed E-state index contributed by atoms with van der Waals surface area (Å²) < 4.78 is 2.53. The average molecular weight is 483 g/mol. The standard InChI is InChI=1S/C23H17BrClN3O2/c1-14-6-2-4-8-17(14)22(29)27-26-21-18-12-16(24)10-11-20(18)28(23(21)30)13-15-7-3-5-9-19(15)25/h2-12,30H,13H2,1H3. The third-order valence-electron chi connectivity index (χ3n) is 4.87. The number of carbonyl (C=O) groups excluding carboxylic acids is 1. The highest BCUT2D eigenvalue weighted by Crippen LogP contribution is 2.41. The molecule has 4 rings (SSSR count). The maximum Gasteiger partial charge on any atom is 0.295 e. The van der Waals surface area contributed by atoms with Crippen LogP contribution in [0.15, 0.2) is 81.4 Å². The van der Waals surface area contributed by atoms with Gasteiger partial charge < -0.3 is 9.67 Å². The predicted molar refractivity (Wildman–Crippen MR) is 122 cm³/mol. The average Bonchev–Trinajstić information content (AvgIpc) is 2.98. The molecule has 3 aromatic carbocycles. The number of hydrogen-bond acceptors (Lipinski definition) is 3. The van der Waals surface area contributed by atoms with Crippen LogP contribution in [0.4, 0.5) is 5.69 Å². The van der Waals surface area contributed by atoms with E-state index in [2.05, 4.69) is 26.2 Å². The van der Waals surface area contributed by atoms with Crippen molar-refractivity contribution in [3.05, 3.63) is 92.9 Å². The van der Waals surface area contributed by atoms with Crippen LogP contribution < -0.4 is 0 Å². The van der Waals surface area contributed by atoms with Gasteiger partial charge in [0.05, 0.1) is 12.1 Å². The summed E-state index contributed by atoms with van der Waals surface area (Å²) in [5, 5.41) is 20.2. The molecule has 0 atom stereocenters. The van der Waals surface area contributed by atoms with Gasteiger partial charge in [0.2, 0.25) is 5.88 Å². The molecule has 0 aliphatic carbocycles. The molecule has 0 radical (unpaired) electrons. The van der Waals surface area contributed by atoms with E-state index in [0.29, 0.717) is 22.5 Å². The van der Waals surface area contributed by atoms with Gasteiger partial charge in [-0.3, -0.25) is 4.79 Å². The smallest absolute Gasteiger partial charge is 0.295 e. The third kappa shape index (κ3) is 3.88. The highest BCUT2D eigenvalue weighted by atomic mass is 79.9. The number of aromatic nitrogens is 1. The van der Waals surface area contributed by atoms with Crippen molar-refractivity contribution in [2.75, 3.05) is 0 Å². The van der Waals surface area contributed by atoms with Gasteiger partial charge in [-0.1, -0.05) is 63.9 Å². The summed E-state index contributed by atoms with van der Waals surface area (Å²) in [4.78, 5) is 12.5. The molecule has 1 amide bonds. The zero-order valence-electron chi connectivity index (χ0n) is 16.0. The van der Waals surface area contributed by atoms with Crippen molar-refractivity contribution in [3.8, 4) is 5.88 Å². The molecule has 0 saturated carbocycles. The van der Waals surface area contributed by atoms with E-state index in [1.54, 1.807) is 22.8 Å². The lowest BCUT2D eigenvalue weighted by Crippen LogP contribution is -1.99.